The number of fused-ring (bicyclic) bond motifs is 1. The fraction of sp³-hybridized carbons (Fsp3) is 0.222. The molecule has 2 aromatic carbocycles. The zero-order valence-electron chi connectivity index (χ0n) is 13.1. The van der Waals surface area contributed by atoms with Crippen molar-refractivity contribution in [2.24, 2.45) is 7.05 Å². The molecule has 0 spiro atoms. The number of aryl methyl sites for hydroxylation is 1. The lowest BCUT2D eigenvalue weighted by molar-refractivity contribution is -0.653. The number of imidazole rings is 1. The van der Waals surface area contributed by atoms with E-state index in [0.29, 0.717) is 6.54 Å². The molecule has 0 aliphatic heterocycles. The lowest BCUT2D eigenvalue weighted by Crippen LogP contribution is -3.00. The van der Waals surface area contributed by atoms with Crippen molar-refractivity contribution in [2.45, 2.75) is 19.9 Å². The van der Waals surface area contributed by atoms with Gasteiger partial charge in [-0.25, -0.2) is 9.13 Å². The number of ketones is 1. The quantitative estimate of drug-likeness (QED) is 0.435. The van der Waals surface area contributed by atoms with Crippen molar-refractivity contribution in [3.05, 3.63) is 64.4 Å². The monoisotopic (exact) mass is 436 g/mol. The molecule has 0 bridgehead atoms. The summed E-state index contributed by atoms with van der Waals surface area (Å²) in [4.78, 5) is 12.6. The Balaban J connectivity index is 0.00000192. The molecular formula is C18H18Br2N2O. The Bertz CT molecular complexity index is 838. The van der Waals surface area contributed by atoms with Gasteiger partial charge in [0, 0.05) is 16.5 Å². The summed E-state index contributed by atoms with van der Waals surface area (Å²) in [5, 5.41) is 0. The molecule has 0 unspecified atom stereocenters. The maximum Gasteiger partial charge on any atom is 0.257 e. The highest BCUT2D eigenvalue weighted by molar-refractivity contribution is 9.10. The molecular weight excluding hydrogens is 420 g/mol. The molecule has 0 aliphatic rings. The molecule has 23 heavy (non-hydrogen) atoms. The number of hydrogen-bond acceptors (Lipinski definition) is 1. The van der Waals surface area contributed by atoms with Gasteiger partial charge in [0.05, 0.1) is 7.05 Å². The van der Waals surface area contributed by atoms with Crippen LogP contribution < -0.4 is 21.5 Å². The Morgan fingerprint density at radius 2 is 1.78 bits per heavy atom. The number of Topliss-reactive ketones (excluding diaryl/α,β-unsaturated/α-hetero) is 1. The van der Waals surface area contributed by atoms with E-state index in [1.165, 1.54) is 0 Å². The van der Waals surface area contributed by atoms with E-state index in [1.54, 1.807) is 0 Å². The van der Waals surface area contributed by atoms with Crippen molar-refractivity contribution in [3.63, 3.8) is 0 Å². The van der Waals surface area contributed by atoms with Crippen LogP contribution in [0.4, 0.5) is 0 Å². The van der Waals surface area contributed by atoms with Gasteiger partial charge in [-0.3, -0.25) is 4.79 Å². The maximum atomic E-state index is 12.6. The van der Waals surface area contributed by atoms with E-state index in [4.69, 9.17) is 0 Å². The summed E-state index contributed by atoms with van der Waals surface area (Å²) in [5.74, 6) is 1.29. The molecule has 3 nitrogen and oxygen atoms in total. The number of hydrogen-bond donors (Lipinski definition) is 0. The average molecular weight is 438 g/mol. The fourth-order valence-electron chi connectivity index (χ4n) is 2.91. The summed E-state index contributed by atoms with van der Waals surface area (Å²) >= 11 is 3.40. The number of aromatic nitrogens is 2. The van der Waals surface area contributed by atoms with Crippen LogP contribution in [0, 0.1) is 0 Å². The summed E-state index contributed by atoms with van der Waals surface area (Å²) in [6, 6.07) is 15.8. The van der Waals surface area contributed by atoms with Gasteiger partial charge in [-0.05, 0) is 24.3 Å². The Morgan fingerprint density at radius 3 is 2.43 bits per heavy atom. The zero-order chi connectivity index (χ0) is 15.7. The predicted molar refractivity (Wildman–Crippen MR) is 91.0 cm³/mol. The molecule has 0 saturated carbocycles. The van der Waals surface area contributed by atoms with Crippen LogP contribution in [0.5, 0.6) is 0 Å². The first kappa shape index (κ1) is 17.9. The van der Waals surface area contributed by atoms with Crippen molar-refractivity contribution in [2.75, 3.05) is 0 Å². The molecule has 0 N–H and O–H groups in total. The van der Waals surface area contributed by atoms with Gasteiger partial charge in [0.2, 0.25) is 5.78 Å². The first-order chi connectivity index (χ1) is 10.6. The van der Waals surface area contributed by atoms with E-state index < -0.39 is 0 Å². The normalized spacial score (nSPS) is 10.6. The number of nitrogens with zero attached hydrogens (tertiary/aromatic N) is 2. The maximum absolute atomic E-state index is 12.6. The van der Waals surface area contributed by atoms with Crippen LogP contribution in [0.3, 0.4) is 0 Å². The Kier molecular flexibility index (Phi) is 5.76. The molecule has 1 heterocycles. The summed E-state index contributed by atoms with van der Waals surface area (Å²) in [6.45, 7) is 2.49. The fourth-order valence-corrected chi connectivity index (χ4v) is 3.17. The smallest absolute Gasteiger partial charge is 0.257 e. The lowest BCUT2D eigenvalue weighted by Gasteiger charge is -2.02. The molecule has 0 saturated heterocycles. The second-order valence-corrected chi connectivity index (χ2v) is 6.25. The number of rotatable bonds is 4. The first-order valence-electron chi connectivity index (χ1n) is 7.36. The predicted octanol–water partition coefficient (Wildman–Crippen LogP) is 0.678. The second-order valence-electron chi connectivity index (χ2n) is 5.33. The van der Waals surface area contributed by atoms with Gasteiger partial charge < -0.3 is 17.0 Å². The van der Waals surface area contributed by atoms with Crippen molar-refractivity contribution in [3.8, 4) is 0 Å². The minimum absolute atomic E-state index is 0. The summed E-state index contributed by atoms with van der Waals surface area (Å²) in [6.07, 6.45) is 0.888. The summed E-state index contributed by atoms with van der Waals surface area (Å²) < 4.78 is 5.28. The molecule has 0 atom stereocenters. The summed E-state index contributed by atoms with van der Waals surface area (Å²) in [5.41, 5.74) is 3.00. The molecule has 120 valence electrons. The molecule has 5 heteroatoms. The van der Waals surface area contributed by atoms with Crippen LogP contribution >= 0.6 is 15.9 Å². The molecule has 0 amide bonds. The Hall–Kier alpha value is -1.46. The van der Waals surface area contributed by atoms with Crippen LogP contribution in [-0.4, -0.2) is 10.4 Å². The van der Waals surface area contributed by atoms with Crippen molar-refractivity contribution < 1.29 is 26.3 Å². The SMILES string of the molecule is CCc1n(CC(=O)c2ccc(Br)cc2)c2ccccc2[n+]1C.[Br-]. The molecule has 3 aromatic rings. The van der Waals surface area contributed by atoms with E-state index >= 15 is 0 Å². The minimum atomic E-state index is 0. The van der Waals surface area contributed by atoms with Crippen LogP contribution in [0.1, 0.15) is 23.1 Å². The van der Waals surface area contributed by atoms with E-state index in [0.717, 1.165) is 33.3 Å². The van der Waals surface area contributed by atoms with E-state index in [9.17, 15) is 4.79 Å². The van der Waals surface area contributed by atoms with Crippen LogP contribution in [-0.2, 0) is 20.0 Å². The third kappa shape index (κ3) is 3.40. The van der Waals surface area contributed by atoms with E-state index in [-0.39, 0.29) is 22.8 Å². The first-order valence-corrected chi connectivity index (χ1v) is 8.16. The van der Waals surface area contributed by atoms with Crippen molar-refractivity contribution >= 4 is 32.7 Å². The van der Waals surface area contributed by atoms with Crippen LogP contribution in [0.2, 0.25) is 0 Å². The number of carbonyl (C=O) groups excluding carboxylic acids is 1. The third-order valence-electron chi connectivity index (χ3n) is 4.02. The van der Waals surface area contributed by atoms with Crippen molar-refractivity contribution in [1.29, 1.82) is 0 Å². The van der Waals surface area contributed by atoms with E-state index in [2.05, 4.69) is 51.2 Å². The third-order valence-corrected chi connectivity index (χ3v) is 4.55. The van der Waals surface area contributed by atoms with Crippen LogP contribution in [0.25, 0.3) is 11.0 Å². The van der Waals surface area contributed by atoms with Gasteiger partial charge in [-0.1, -0.05) is 47.1 Å². The minimum Gasteiger partial charge on any atom is -1.00 e. The Morgan fingerprint density at radius 1 is 1.13 bits per heavy atom. The van der Waals surface area contributed by atoms with E-state index in [1.807, 2.05) is 36.4 Å². The molecule has 0 radical (unpaired) electrons. The number of carbonyl (C=O) groups is 1. The largest absolute Gasteiger partial charge is 1.00 e. The van der Waals surface area contributed by atoms with Crippen LogP contribution in [0.15, 0.2) is 53.0 Å². The van der Waals surface area contributed by atoms with Crippen molar-refractivity contribution in [1.82, 2.24) is 4.57 Å². The zero-order valence-corrected chi connectivity index (χ0v) is 16.3. The molecule has 0 aliphatic carbocycles. The summed E-state index contributed by atoms with van der Waals surface area (Å²) in [7, 11) is 2.06. The number of halogens is 2. The second kappa shape index (κ2) is 7.41. The van der Waals surface area contributed by atoms with Gasteiger partial charge in [-0.15, -0.1) is 0 Å². The number of para-hydroxylation sites is 2. The van der Waals surface area contributed by atoms with Gasteiger partial charge >= 0.3 is 0 Å². The van der Waals surface area contributed by atoms with Gasteiger partial charge in [0.25, 0.3) is 5.82 Å². The molecule has 3 rings (SSSR count). The topological polar surface area (TPSA) is 25.9 Å². The highest BCUT2D eigenvalue weighted by atomic mass is 79.9. The Labute approximate surface area is 154 Å². The standard InChI is InChI=1S/C18H18BrN2O.BrH/c1-3-18-20(2)15-6-4-5-7-16(15)21(18)12-17(22)13-8-10-14(19)11-9-13;/h4-11H,3,12H2,1-2H3;1H/q+1;/p-1. The lowest BCUT2D eigenvalue weighted by atomic mass is 10.1. The van der Waals surface area contributed by atoms with Gasteiger partial charge in [0.1, 0.15) is 0 Å². The van der Waals surface area contributed by atoms with Gasteiger partial charge in [0.15, 0.2) is 17.6 Å². The van der Waals surface area contributed by atoms with Gasteiger partial charge in [-0.2, -0.15) is 0 Å². The highest BCUT2D eigenvalue weighted by Crippen LogP contribution is 2.17. The average Bonchev–Trinajstić information content (AvgIpc) is 2.80. The highest BCUT2D eigenvalue weighted by Gasteiger charge is 2.23. The molecule has 1 aromatic heterocycles. The number of benzene rings is 2. The molecule has 0 fully saturated rings.